The van der Waals surface area contributed by atoms with Crippen LogP contribution in [0.1, 0.15) is 108 Å². The van der Waals surface area contributed by atoms with Gasteiger partial charge in [0.2, 0.25) is 0 Å². The number of ether oxygens (including phenoxy) is 2. The fourth-order valence-electron chi connectivity index (χ4n) is 5.16. The Bertz CT molecular complexity index is 859. The number of rotatable bonds is 13. The lowest BCUT2D eigenvalue weighted by atomic mass is 9.84. The van der Waals surface area contributed by atoms with Gasteiger partial charge in [0.15, 0.2) is 0 Å². The molecule has 1 heterocycles. The lowest BCUT2D eigenvalue weighted by Gasteiger charge is -2.39. The summed E-state index contributed by atoms with van der Waals surface area (Å²) in [6.45, 7) is 17.3. The van der Waals surface area contributed by atoms with E-state index >= 15 is 0 Å². The Hall–Kier alpha value is -1.03. The Morgan fingerprint density at radius 1 is 1.03 bits per heavy atom. The van der Waals surface area contributed by atoms with Gasteiger partial charge >= 0.3 is 7.60 Å². The van der Waals surface area contributed by atoms with Crippen molar-refractivity contribution in [1.82, 2.24) is 0 Å². The SMILES string of the molecule is CCC(CP(=O)(O)O)Oc1c(C)c(C)c2c(c1C)CCC(C)(CCCC(C)CCCC(C)C)O2. The van der Waals surface area contributed by atoms with Crippen molar-refractivity contribution in [2.45, 2.75) is 125 Å². The van der Waals surface area contributed by atoms with Crippen LogP contribution in [-0.4, -0.2) is 27.7 Å². The van der Waals surface area contributed by atoms with E-state index in [1.165, 1.54) is 37.7 Å². The molecule has 0 saturated heterocycles. The van der Waals surface area contributed by atoms with Gasteiger partial charge in [0.1, 0.15) is 23.2 Å². The van der Waals surface area contributed by atoms with Crippen LogP contribution >= 0.6 is 7.60 Å². The molecule has 1 aliphatic rings. The topological polar surface area (TPSA) is 76.0 Å². The fourth-order valence-corrected chi connectivity index (χ4v) is 6.02. The maximum atomic E-state index is 11.5. The molecule has 2 N–H and O–H groups in total. The van der Waals surface area contributed by atoms with Crippen molar-refractivity contribution in [3.8, 4) is 11.5 Å². The zero-order valence-corrected chi connectivity index (χ0v) is 23.8. The summed E-state index contributed by atoms with van der Waals surface area (Å²) < 4.78 is 24.4. The molecule has 0 radical (unpaired) electrons. The second kappa shape index (κ2) is 12.3. The van der Waals surface area contributed by atoms with Gasteiger partial charge in [-0.15, -0.1) is 0 Å². The highest BCUT2D eigenvalue weighted by Gasteiger charge is 2.35. The van der Waals surface area contributed by atoms with E-state index < -0.39 is 13.7 Å². The minimum Gasteiger partial charge on any atom is -0.489 e. The molecule has 1 aliphatic heterocycles. The molecule has 196 valence electrons. The lowest BCUT2D eigenvalue weighted by Crippen LogP contribution is -2.37. The van der Waals surface area contributed by atoms with Gasteiger partial charge in [0.05, 0.1) is 6.16 Å². The summed E-state index contributed by atoms with van der Waals surface area (Å²) in [5.41, 5.74) is 4.16. The Balaban J connectivity index is 2.08. The van der Waals surface area contributed by atoms with Gasteiger partial charge in [-0.05, 0) is 88.3 Å². The molecule has 2 rings (SSSR count). The molecule has 1 aromatic carbocycles. The molecule has 0 aromatic heterocycles. The summed E-state index contributed by atoms with van der Waals surface area (Å²) in [6.07, 6.45) is 9.18. The molecule has 0 spiro atoms. The van der Waals surface area contributed by atoms with Crippen LogP contribution < -0.4 is 9.47 Å². The van der Waals surface area contributed by atoms with Gasteiger partial charge in [0.25, 0.3) is 0 Å². The normalized spacial score (nSPS) is 20.1. The van der Waals surface area contributed by atoms with Crippen molar-refractivity contribution in [2.24, 2.45) is 11.8 Å². The number of fused-ring (bicyclic) bond motifs is 1. The lowest BCUT2D eigenvalue weighted by molar-refractivity contribution is 0.0510. The monoisotopic (exact) mass is 496 g/mol. The first-order valence-electron chi connectivity index (χ1n) is 13.3. The van der Waals surface area contributed by atoms with E-state index in [4.69, 9.17) is 9.47 Å². The molecule has 0 aliphatic carbocycles. The molecule has 1 aromatic rings. The number of benzene rings is 1. The predicted octanol–water partition coefficient (Wildman–Crippen LogP) is 7.66. The molecule has 3 unspecified atom stereocenters. The van der Waals surface area contributed by atoms with Gasteiger partial charge in [-0.3, -0.25) is 4.57 Å². The van der Waals surface area contributed by atoms with Crippen molar-refractivity contribution in [1.29, 1.82) is 0 Å². The average Bonchev–Trinajstić information content (AvgIpc) is 2.73. The second-order valence-corrected chi connectivity index (χ2v) is 13.1. The van der Waals surface area contributed by atoms with E-state index in [2.05, 4.69) is 41.5 Å². The summed E-state index contributed by atoms with van der Waals surface area (Å²) in [4.78, 5) is 18.8. The third kappa shape index (κ3) is 8.28. The highest BCUT2D eigenvalue weighted by atomic mass is 31.2. The Morgan fingerprint density at radius 3 is 2.26 bits per heavy atom. The number of hydrogen-bond acceptors (Lipinski definition) is 3. The van der Waals surface area contributed by atoms with E-state index in [1.807, 2.05) is 13.8 Å². The van der Waals surface area contributed by atoms with Crippen molar-refractivity contribution in [2.75, 3.05) is 6.16 Å². The van der Waals surface area contributed by atoms with Gasteiger partial charge in [-0.25, -0.2) is 0 Å². The van der Waals surface area contributed by atoms with Crippen molar-refractivity contribution < 1.29 is 23.8 Å². The van der Waals surface area contributed by atoms with Crippen LogP contribution in [0.15, 0.2) is 0 Å². The van der Waals surface area contributed by atoms with Crippen molar-refractivity contribution in [3.63, 3.8) is 0 Å². The molecule has 3 atom stereocenters. The zero-order chi connectivity index (χ0) is 25.7. The average molecular weight is 497 g/mol. The second-order valence-electron chi connectivity index (χ2n) is 11.4. The minimum atomic E-state index is -4.14. The summed E-state index contributed by atoms with van der Waals surface area (Å²) in [5, 5.41) is 0. The molecule has 0 fully saturated rings. The molecule has 0 amide bonds. The third-order valence-electron chi connectivity index (χ3n) is 7.63. The smallest absolute Gasteiger partial charge is 0.329 e. The first-order chi connectivity index (χ1) is 15.8. The molecular weight excluding hydrogens is 447 g/mol. The molecule has 0 saturated carbocycles. The first-order valence-corrected chi connectivity index (χ1v) is 15.1. The van der Waals surface area contributed by atoms with Crippen LogP contribution in [0.5, 0.6) is 11.5 Å². The van der Waals surface area contributed by atoms with Crippen LogP contribution in [0.4, 0.5) is 0 Å². The van der Waals surface area contributed by atoms with Crippen LogP contribution in [0.2, 0.25) is 0 Å². The van der Waals surface area contributed by atoms with Crippen LogP contribution in [0, 0.1) is 32.6 Å². The molecular formula is C28H49O5P. The van der Waals surface area contributed by atoms with Crippen LogP contribution in [0.3, 0.4) is 0 Å². The minimum absolute atomic E-state index is 0.150. The van der Waals surface area contributed by atoms with Crippen LogP contribution in [-0.2, 0) is 11.0 Å². The van der Waals surface area contributed by atoms with E-state index in [0.29, 0.717) is 6.42 Å². The van der Waals surface area contributed by atoms with E-state index in [9.17, 15) is 14.4 Å². The summed E-state index contributed by atoms with van der Waals surface area (Å²) in [7, 11) is -4.14. The Morgan fingerprint density at radius 2 is 1.68 bits per heavy atom. The highest BCUT2D eigenvalue weighted by Crippen LogP contribution is 2.46. The number of hydrogen-bond donors (Lipinski definition) is 2. The van der Waals surface area contributed by atoms with Gasteiger partial charge < -0.3 is 19.3 Å². The van der Waals surface area contributed by atoms with Gasteiger partial charge in [0, 0.05) is 5.56 Å². The molecule has 0 bridgehead atoms. The largest absolute Gasteiger partial charge is 0.489 e. The fraction of sp³-hybridized carbons (Fsp3) is 0.786. The maximum Gasteiger partial charge on any atom is 0.329 e. The highest BCUT2D eigenvalue weighted by molar-refractivity contribution is 7.51. The standard InChI is InChI=1S/C28H49O5P/c1-9-24(18-34(29,30)31)32-26-21(5)22(6)27-25(23(26)7)15-17-28(8,33-27)16-11-14-20(4)13-10-12-19(2)3/h19-20,24H,9-18H2,1-8H3,(H2,29,30,31). The first kappa shape index (κ1) is 29.2. The molecule has 5 nitrogen and oxygen atoms in total. The van der Waals surface area contributed by atoms with Crippen molar-refractivity contribution >= 4 is 7.60 Å². The Kier molecular flexibility index (Phi) is 10.5. The van der Waals surface area contributed by atoms with E-state index in [1.54, 1.807) is 0 Å². The quantitative estimate of drug-likeness (QED) is 0.274. The van der Waals surface area contributed by atoms with E-state index in [0.717, 1.165) is 59.3 Å². The molecule has 34 heavy (non-hydrogen) atoms. The zero-order valence-electron chi connectivity index (χ0n) is 22.9. The van der Waals surface area contributed by atoms with Gasteiger partial charge in [-0.2, -0.15) is 0 Å². The van der Waals surface area contributed by atoms with Gasteiger partial charge in [-0.1, -0.05) is 53.4 Å². The van der Waals surface area contributed by atoms with Crippen molar-refractivity contribution in [3.05, 3.63) is 22.3 Å². The predicted molar refractivity (Wildman–Crippen MR) is 141 cm³/mol. The third-order valence-corrected chi connectivity index (χ3v) is 8.51. The summed E-state index contributed by atoms with van der Waals surface area (Å²) in [6, 6.07) is 0. The maximum absolute atomic E-state index is 11.5. The van der Waals surface area contributed by atoms with E-state index in [-0.39, 0.29) is 11.8 Å². The molecule has 6 heteroatoms. The summed E-state index contributed by atoms with van der Waals surface area (Å²) in [5.74, 6) is 3.31. The van der Waals surface area contributed by atoms with Crippen LogP contribution in [0.25, 0.3) is 0 Å². The summed E-state index contributed by atoms with van der Waals surface area (Å²) >= 11 is 0. The Labute approximate surface area is 208 Å².